The van der Waals surface area contributed by atoms with Crippen molar-refractivity contribution in [2.75, 3.05) is 20.3 Å². The van der Waals surface area contributed by atoms with Gasteiger partial charge in [-0.25, -0.2) is 0 Å². The van der Waals surface area contributed by atoms with E-state index >= 15 is 0 Å². The summed E-state index contributed by atoms with van der Waals surface area (Å²) in [5.74, 6) is -0.331. The average Bonchev–Trinajstić information content (AvgIpc) is 2.14. The molecule has 5 heteroatoms. The first-order valence-electron chi connectivity index (χ1n) is 5.39. The van der Waals surface area contributed by atoms with Crippen LogP contribution in [-0.4, -0.2) is 49.1 Å². The van der Waals surface area contributed by atoms with Crippen molar-refractivity contribution in [2.24, 2.45) is 0 Å². The Balaban J connectivity index is 4.13. The van der Waals surface area contributed by atoms with Crippen LogP contribution in [0, 0.1) is 0 Å². The normalized spacial score (nSPS) is 15.6. The zero-order valence-electron chi connectivity index (χ0n) is 10.7. The minimum absolute atomic E-state index is 0.0824. The number of esters is 1. The summed E-state index contributed by atoms with van der Waals surface area (Å²) in [5.41, 5.74) is -0.497. The monoisotopic (exact) mass is 233 g/mol. The minimum atomic E-state index is -0.497. The quantitative estimate of drug-likeness (QED) is 0.646. The third-order valence-corrected chi connectivity index (χ3v) is 1.83. The molecule has 0 heterocycles. The van der Waals surface area contributed by atoms with Gasteiger partial charge < -0.3 is 14.6 Å². The molecular weight excluding hydrogens is 210 g/mol. The van der Waals surface area contributed by atoms with Gasteiger partial charge >= 0.3 is 5.97 Å². The second-order valence-electron chi connectivity index (χ2n) is 4.76. The highest BCUT2D eigenvalue weighted by molar-refractivity contribution is 5.75. The maximum atomic E-state index is 11.6. The summed E-state index contributed by atoms with van der Waals surface area (Å²) < 4.78 is 10.1. The van der Waals surface area contributed by atoms with E-state index in [0.29, 0.717) is 6.61 Å². The number of aliphatic hydroxyl groups excluding tert-OH is 1. The van der Waals surface area contributed by atoms with Gasteiger partial charge in [0.2, 0.25) is 0 Å². The largest absolute Gasteiger partial charge is 0.459 e. The first kappa shape index (κ1) is 15.3. The Hall–Kier alpha value is -0.650. The second-order valence-corrected chi connectivity index (χ2v) is 4.76. The molecule has 0 aliphatic heterocycles. The van der Waals surface area contributed by atoms with E-state index in [2.05, 4.69) is 5.32 Å². The Morgan fingerprint density at radius 3 is 2.38 bits per heavy atom. The van der Waals surface area contributed by atoms with E-state index in [-0.39, 0.29) is 18.6 Å². The predicted octanol–water partition coefficient (Wildman–Crippen LogP) is 0.313. The standard InChI is InChI=1S/C11H23NO4/c1-8(10(14)16-11(2,3)4)12-9(6-13)7-15-5/h8-9,12-13H,6-7H2,1-5H3. The number of carbonyl (C=O) groups excluding carboxylic acids is 1. The SMILES string of the molecule is COCC(CO)NC(C)C(=O)OC(C)(C)C. The summed E-state index contributed by atoms with van der Waals surface area (Å²) in [6.45, 7) is 7.42. The second kappa shape index (κ2) is 6.83. The van der Waals surface area contributed by atoms with Crippen molar-refractivity contribution in [3.8, 4) is 0 Å². The lowest BCUT2D eigenvalue weighted by molar-refractivity contribution is -0.157. The Morgan fingerprint density at radius 2 is 2.00 bits per heavy atom. The maximum Gasteiger partial charge on any atom is 0.323 e. The Labute approximate surface area is 97.1 Å². The van der Waals surface area contributed by atoms with Crippen LogP contribution in [0.3, 0.4) is 0 Å². The van der Waals surface area contributed by atoms with Gasteiger partial charge in [-0.3, -0.25) is 10.1 Å². The van der Waals surface area contributed by atoms with Crippen LogP contribution in [0.5, 0.6) is 0 Å². The fourth-order valence-corrected chi connectivity index (χ4v) is 1.17. The van der Waals surface area contributed by atoms with E-state index in [0.717, 1.165) is 0 Å². The van der Waals surface area contributed by atoms with Crippen molar-refractivity contribution >= 4 is 5.97 Å². The predicted molar refractivity (Wildman–Crippen MR) is 61.2 cm³/mol. The van der Waals surface area contributed by atoms with Crippen molar-refractivity contribution in [1.82, 2.24) is 5.32 Å². The van der Waals surface area contributed by atoms with Gasteiger partial charge in [0.25, 0.3) is 0 Å². The first-order chi connectivity index (χ1) is 7.30. The smallest absolute Gasteiger partial charge is 0.323 e. The molecule has 2 unspecified atom stereocenters. The van der Waals surface area contributed by atoms with Crippen LogP contribution in [0.15, 0.2) is 0 Å². The number of hydrogen-bond donors (Lipinski definition) is 2. The van der Waals surface area contributed by atoms with Crippen molar-refractivity contribution in [3.05, 3.63) is 0 Å². The zero-order valence-corrected chi connectivity index (χ0v) is 10.7. The number of rotatable bonds is 6. The molecule has 0 radical (unpaired) electrons. The van der Waals surface area contributed by atoms with E-state index in [1.807, 2.05) is 20.8 Å². The Kier molecular flexibility index (Phi) is 6.55. The highest BCUT2D eigenvalue weighted by atomic mass is 16.6. The van der Waals surface area contributed by atoms with Gasteiger partial charge in [-0.2, -0.15) is 0 Å². The van der Waals surface area contributed by atoms with Crippen molar-refractivity contribution in [1.29, 1.82) is 0 Å². The van der Waals surface area contributed by atoms with Gasteiger partial charge in [-0.05, 0) is 27.7 Å². The van der Waals surface area contributed by atoms with Crippen LogP contribution >= 0.6 is 0 Å². The lowest BCUT2D eigenvalue weighted by Crippen LogP contribution is -2.47. The minimum Gasteiger partial charge on any atom is -0.459 e. The van der Waals surface area contributed by atoms with Crippen LogP contribution in [0.4, 0.5) is 0 Å². The van der Waals surface area contributed by atoms with Crippen LogP contribution in [0.2, 0.25) is 0 Å². The van der Waals surface area contributed by atoms with Gasteiger partial charge in [0.15, 0.2) is 0 Å². The third-order valence-electron chi connectivity index (χ3n) is 1.83. The number of aliphatic hydroxyl groups is 1. The molecule has 0 aromatic carbocycles. The molecule has 2 N–H and O–H groups in total. The highest BCUT2D eigenvalue weighted by Crippen LogP contribution is 2.08. The first-order valence-corrected chi connectivity index (χ1v) is 5.39. The summed E-state index contributed by atoms with van der Waals surface area (Å²) >= 11 is 0. The van der Waals surface area contributed by atoms with Crippen LogP contribution in [0.25, 0.3) is 0 Å². The summed E-state index contributed by atoms with van der Waals surface area (Å²) in [7, 11) is 1.54. The van der Waals surface area contributed by atoms with Gasteiger partial charge in [0, 0.05) is 7.11 Å². The number of carbonyl (C=O) groups is 1. The molecule has 0 aromatic heterocycles. The lowest BCUT2D eigenvalue weighted by atomic mass is 10.2. The average molecular weight is 233 g/mol. The summed E-state index contributed by atoms with van der Waals surface area (Å²) in [6, 6.07) is -0.723. The van der Waals surface area contributed by atoms with E-state index in [9.17, 15) is 4.79 Å². The molecule has 0 saturated carbocycles. The fourth-order valence-electron chi connectivity index (χ4n) is 1.17. The number of methoxy groups -OCH3 is 1. The molecule has 0 spiro atoms. The van der Waals surface area contributed by atoms with Gasteiger partial charge in [-0.15, -0.1) is 0 Å². The van der Waals surface area contributed by atoms with Crippen molar-refractivity contribution in [2.45, 2.75) is 45.4 Å². The topological polar surface area (TPSA) is 67.8 Å². The molecule has 16 heavy (non-hydrogen) atoms. The Morgan fingerprint density at radius 1 is 1.44 bits per heavy atom. The summed E-state index contributed by atoms with van der Waals surface area (Å²) in [6.07, 6.45) is 0. The van der Waals surface area contributed by atoms with E-state index in [1.54, 1.807) is 14.0 Å². The summed E-state index contributed by atoms with van der Waals surface area (Å²) in [5, 5.41) is 12.0. The molecule has 0 saturated heterocycles. The molecule has 0 amide bonds. The fraction of sp³-hybridized carbons (Fsp3) is 0.909. The molecular formula is C11H23NO4. The van der Waals surface area contributed by atoms with Crippen molar-refractivity contribution < 1.29 is 19.4 Å². The summed E-state index contributed by atoms with van der Waals surface area (Å²) in [4.78, 5) is 11.6. The molecule has 0 bridgehead atoms. The number of hydrogen-bond acceptors (Lipinski definition) is 5. The molecule has 5 nitrogen and oxygen atoms in total. The molecule has 0 rings (SSSR count). The van der Waals surface area contributed by atoms with Crippen LogP contribution in [0.1, 0.15) is 27.7 Å². The number of ether oxygens (including phenoxy) is 2. The molecule has 0 aliphatic rings. The number of nitrogens with one attached hydrogen (secondary N) is 1. The van der Waals surface area contributed by atoms with Crippen LogP contribution in [-0.2, 0) is 14.3 Å². The van der Waals surface area contributed by atoms with Gasteiger partial charge in [-0.1, -0.05) is 0 Å². The maximum absolute atomic E-state index is 11.6. The Bertz CT molecular complexity index is 213. The molecule has 2 atom stereocenters. The highest BCUT2D eigenvalue weighted by Gasteiger charge is 2.23. The molecule has 0 aromatic rings. The van der Waals surface area contributed by atoms with Crippen molar-refractivity contribution in [3.63, 3.8) is 0 Å². The van der Waals surface area contributed by atoms with E-state index in [4.69, 9.17) is 14.6 Å². The van der Waals surface area contributed by atoms with E-state index < -0.39 is 11.6 Å². The van der Waals surface area contributed by atoms with Crippen LogP contribution < -0.4 is 5.32 Å². The zero-order chi connectivity index (χ0) is 12.8. The van der Waals surface area contributed by atoms with Gasteiger partial charge in [0.05, 0.1) is 19.3 Å². The third kappa shape index (κ3) is 6.76. The molecule has 0 fully saturated rings. The lowest BCUT2D eigenvalue weighted by Gasteiger charge is -2.25. The van der Waals surface area contributed by atoms with Gasteiger partial charge in [0.1, 0.15) is 11.6 Å². The molecule has 0 aliphatic carbocycles. The molecule has 96 valence electrons. The van der Waals surface area contributed by atoms with E-state index in [1.165, 1.54) is 0 Å².